The average molecular weight is 284 g/mol. The predicted molar refractivity (Wildman–Crippen MR) is 79.4 cm³/mol. The third kappa shape index (κ3) is 2.33. The van der Waals surface area contributed by atoms with E-state index in [1.165, 1.54) is 17.7 Å². The molecule has 0 aliphatic heterocycles. The molecule has 1 aromatic carbocycles. The molecule has 0 saturated carbocycles. The number of hydrogen-bond acceptors (Lipinski definition) is 5. The second kappa shape index (κ2) is 5.26. The molecule has 3 N–H and O–H groups in total. The van der Waals surface area contributed by atoms with E-state index in [0.717, 1.165) is 15.8 Å². The predicted octanol–water partition coefficient (Wildman–Crippen LogP) is 2.33. The van der Waals surface area contributed by atoms with Crippen molar-refractivity contribution in [2.75, 3.05) is 5.32 Å². The molecule has 6 heteroatoms. The SMILES string of the molecule is NC(=O)C(Nc1ncnc2ccsc12)c1ccccc1. The Bertz CT molecular complexity index is 741. The lowest BCUT2D eigenvalue weighted by molar-refractivity contribution is -0.118. The smallest absolute Gasteiger partial charge is 0.244 e. The van der Waals surface area contributed by atoms with Crippen LogP contribution in [0.1, 0.15) is 11.6 Å². The van der Waals surface area contributed by atoms with Crippen molar-refractivity contribution in [3.8, 4) is 0 Å². The van der Waals surface area contributed by atoms with Crippen LogP contribution in [0, 0.1) is 0 Å². The topological polar surface area (TPSA) is 80.9 Å². The number of primary amides is 1. The van der Waals surface area contributed by atoms with E-state index >= 15 is 0 Å². The summed E-state index contributed by atoms with van der Waals surface area (Å²) in [7, 11) is 0. The maximum atomic E-state index is 11.7. The Hall–Kier alpha value is -2.47. The van der Waals surface area contributed by atoms with Crippen molar-refractivity contribution >= 4 is 33.3 Å². The van der Waals surface area contributed by atoms with Crippen molar-refractivity contribution in [3.63, 3.8) is 0 Å². The van der Waals surface area contributed by atoms with Gasteiger partial charge in [-0.3, -0.25) is 4.79 Å². The normalized spacial score (nSPS) is 12.2. The van der Waals surface area contributed by atoms with Gasteiger partial charge in [0, 0.05) is 0 Å². The second-order valence-corrected chi connectivity index (χ2v) is 5.16. The van der Waals surface area contributed by atoms with Crippen LogP contribution in [0.3, 0.4) is 0 Å². The van der Waals surface area contributed by atoms with Crippen LogP contribution in [-0.4, -0.2) is 15.9 Å². The molecule has 0 fully saturated rings. The van der Waals surface area contributed by atoms with Gasteiger partial charge in [0.1, 0.15) is 18.2 Å². The summed E-state index contributed by atoms with van der Waals surface area (Å²) < 4.78 is 0.912. The molecule has 0 radical (unpaired) electrons. The molecular weight excluding hydrogens is 272 g/mol. The quantitative estimate of drug-likeness (QED) is 0.770. The van der Waals surface area contributed by atoms with E-state index in [0.29, 0.717) is 5.82 Å². The van der Waals surface area contributed by atoms with Crippen LogP contribution < -0.4 is 11.1 Å². The zero-order valence-electron chi connectivity index (χ0n) is 10.5. The first-order valence-electron chi connectivity index (χ1n) is 6.04. The molecule has 2 heterocycles. The maximum Gasteiger partial charge on any atom is 0.244 e. The van der Waals surface area contributed by atoms with Crippen molar-refractivity contribution in [1.82, 2.24) is 9.97 Å². The molecule has 1 atom stereocenters. The fraction of sp³-hybridized carbons (Fsp3) is 0.0714. The van der Waals surface area contributed by atoms with Crippen molar-refractivity contribution in [1.29, 1.82) is 0 Å². The largest absolute Gasteiger partial charge is 0.368 e. The molecule has 100 valence electrons. The molecule has 0 aliphatic rings. The second-order valence-electron chi connectivity index (χ2n) is 4.25. The van der Waals surface area contributed by atoms with Crippen LogP contribution >= 0.6 is 11.3 Å². The van der Waals surface area contributed by atoms with E-state index in [2.05, 4.69) is 15.3 Å². The number of aromatic nitrogens is 2. The molecule has 20 heavy (non-hydrogen) atoms. The third-order valence-electron chi connectivity index (χ3n) is 2.94. The Labute approximate surface area is 119 Å². The van der Waals surface area contributed by atoms with Gasteiger partial charge < -0.3 is 11.1 Å². The molecule has 5 nitrogen and oxygen atoms in total. The molecule has 0 aliphatic carbocycles. The van der Waals surface area contributed by atoms with Gasteiger partial charge in [-0.1, -0.05) is 30.3 Å². The first-order valence-corrected chi connectivity index (χ1v) is 6.92. The van der Waals surface area contributed by atoms with Gasteiger partial charge in [0.25, 0.3) is 0 Å². The Morgan fingerprint density at radius 2 is 2.00 bits per heavy atom. The van der Waals surface area contributed by atoms with Crippen molar-refractivity contribution in [3.05, 3.63) is 53.7 Å². The number of rotatable bonds is 4. The lowest BCUT2D eigenvalue weighted by atomic mass is 10.1. The number of anilines is 1. The number of hydrogen-bond donors (Lipinski definition) is 2. The van der Waals surface area contributed by atoms with Crippen LogP contribution in [0.4, 0.5) is 5.82 Å². The summed E-state index contributed by atoms with van der Waals surface area (Å²) in [6.45, 7) is 0. The molecule has 2 aromatic heterocycles. The molecule has 0 saturated heterocycles. The van der Waals surface area contributed by atoms with E-state index < -0.39 is 11.9 Å². The average Bonchev–Trinajstić information content (AvgIpc) is 2.94. The number of carbonyl (C=O) groups is 1. The molecule has 0 bridgehead atoms. The number of nitrogens with one attached hydrogen (secondary N) is 1. The molecule has 0 spiro atoms. The highest BCUT2D eigenvalue weighted by Gasteiger charge is 2.19. The number of nitrogens with zero attached hydrogens (tertiary/aromatic N) is 2. The first kappa shape index (κ1) is 12.6. The maximum absolute atomic E-state index is 11.7. The molecule has 1 unspecified atom stereocenters. The minimum absolute atomic E-state index is 0.445. The van der Waals surface area contributed by atoms with Crippen molar-refractivity contribution in [2.45, 2.75) is 6.04 Å². The summed E-state index contributed by atoms with van der Waals surface area (Å²) in [6.07, 6.45) is 1.47. The van der Waals surface area contributed by atoms with Gasteiger partial charge in [0.05, 0.1) is 10.2 Å². The Balaban J connectivity index is 1.99. The van der Waals surface area contributed by atoms with E-state index in [9.17, 15) is 4.79 Å². The number of nitrogens with two attached hydrogens (primary N) is 1. The zero-order valence-corrected chi connectivity index (χ0v) is 11.3. The van der Waals surface area contributed by atoms with Crippen molar-refractivity contribution < 1.29 is 4.79 Å². The van der Waals surface area contributed by atoms with E-state index in [1.807, 2.05) is 41.8 Å². The number of fused-ring (bicyclic) bond motifs is 1. The van der Waals surface area contributed by atoms with Gasteiger partial charge in [0.15, 0.2) is 0 Å². The zero-order chi connectivity index (χ0) is 13.9. The number of benzene rings is 1. The highest BCUT2D eigenvalue weighted by Crippen LogP contribution is 2.27. The van der Waals surface area contributed by atoms with E-state index in [-0.39, 0.29) is 0 Å². The molecule has 3 aromatic rings. The number of carbonyl (C=O) groups excluding carboxylic acids is 1. The fourth-order valence-corrected chi connectivity index (χ4v) is 2.79. The van der Waals surface area contributed by atoms with Gasteiger partial charge in [-0.25, -0.2) is 9.97 Å². The van der Waals surface area contributed by atoms with E-state index in [1.54, 1.807) is 0 Å². The summed E-state index contributed by atoms with van der Waals surface area (Å²) in [6, 6.07) is 10.6. The Morgan fingerprint density at radius 1 is 1.20 bits per heavy atom. The Morgan fingerprint density at radius 3 is 2.75 bits per heavy atom. The molecule has 1 amide bonds. The standard InChI is InChI=1S/C14H12N4OS/c15-13(19)11(9-4-2-1-3-5-9)18-14-12-10(6-7-20-12)16-8-17-14/h1-8,11H,(H2,15,19)(H,16,17,18). The number of amides is 1. The van der Waals surface area contributed by atoms with Crippen molar-refractivity contribution in [2.24, 2.45) is 5.73 Å². The lowest BCUT2D eigenvalue weighted by Crippen LogP contribution is -2.28. The lowest BCUT2D eigenvalue weighted by Gasteiger charge is -2.16. The number of thiophene rings is 1. The van der Waals surface area contributed by atoms with Gasteiger partial charge >= 0.3 is 0 Å². The monoisotopic (exact) mass is 284 g/mol. The Kier molecular flexibility index (Phi) is 3.30. The minimum atomic E-state index is -0.614. The molecular formula is C14H12N4OS. The van der Waals surface area contributed by atoms with Gasteiger partial charge in [-0.15, -0.1) is 11.3 Å². The summed E-state index contributed by atoms with van der Waals surface area (Å²) in [4.78, 5) is 20.1. The third-order valence-corrected chi connectivity index (χ3v) is 3.85. The fourth-order valence-electron chi connectivity index (χ4n) is 1.99. The summed E-state index contributed by atoms with van der Waals surface area (Å²) >= 11 is 1.52. The summed E-state index contributed by atoms with van der Waals surface area (Å²) in [5, 5.41) is 5.05. The van der Waals surface area contributed by atoms with E-state index in [4.69, 9.17) is 5.73 Å². The van der Waals surface area contributed by atoms with Gasteiger partial charge in [-0.2, -0.15) is 0 Å². The van der Waals surface area contributed by atoms with Crippen LogP contribution in [0.5, 0.6) is 0 Å². The first-order chi connectivity index (χ1) is 9.75. The summed E-state index contributed by atoms with van der Waals surface area (Å²) in [5.41, 5.74) is 7.15. The summed E-state index contributed by atoms with van der Waals surface area (Å²) in [5.74, 6) is 0.178. The highest BCUT2D eigenvalue weighted by atomic mass is 32.1. The van der Waals surface area contributed by atoms with Crippen LogP contribution in [0.25, 0.3) is 10.2 Å². The molecule has 3 rings (SSSR count). The van der Waals surface area contributed by atoms with Gasteiger partial charge in [0.2, 0.25) is 5.91 Å². The van der Waals surface area contributed by atoms with Crippen LogP contribution in [0.15, 0.2) is 48.1 Å². The van der Waals surface area contributed by atoms with Crippen LogP contribution in [-0.2, 0) is 4.79 Å². The highest BCUT2D eigenvalue weighted by molar-refractivity contribution is 7.17. The minimum Gasteiger partial charge on any atom is -0.368 e. The van der Waals surface area contributed by atoms with Crippen LogP contribution in [0.2, 0.25) is 0 Å². The van der Waals surface area contributed by atoms with Gasteiger partial charge in [-0.05, 0) is 17.0 Å².